The summed E-state index contributed by atoms with van der Waals surface area (Å²) in [7, 11) is 0. The number of furan rings is 1. The fraction of sp³-hybridized carbons (Fsp3) is 0.292. The second-order valence-electron chi connectivity index (χ2n) is 7.25. The fourth-order valence-corrected chi connectivity index (χ4v) is 2.96. The predicted octanol–water partition coefficient (Wildman–Crippen LogP) is 6.64. The molecule has 0 spiro atoms. The van der Waals surface area contributed by atoms with Gasteiger partial charge in [-0.15, -0.1) is 0 Å². The number of hydrogen-bond donors (Lipinski definition) is 2. The average molecular weight is 392 g/mol. The van der Waals surface area contributed by atoms with Gasteiger partial charge in [0.2, 0.25) is 0 Å². The molecule has 2 N–H and O–H groups in total. The Morgan fingerprint density at radius 2 is 1.90 bits per heavy atom. The molecule has 29 heavy (non-hydrogen) atoms. The third-order valence-electron chi connectivity index (χ3n) is 4.62. The zero-order chi connectivity index (χ0) is 20.6. The number of benzene rings is 2. The summed E-state index contributed by atoms with van der Waals surface area (Å²) in [6, 6.07) is 18.1. The summed E-state index contributed by atoms with van der Waals surface area (Å²) in [6.45, 7) is 7.44. The average Bonchev–Trinajstić information content (AvgIpc) is 3.26. The van der Waals surface area contributed by atoms with Gasteiger partial charge in [0.1, 0.15) is 5.76 Å². The van der Waals surface area contributed by atoms with Gasteiger partial charge in [0, 0.05) is 17.8 Å². The molecule has 0 saturated carbocycles. The first kappa shape index (κ1) is 20.5. The molecule has 0 bridgehead atoms. The molecule has 0 aliphatic carbocycles. The van der Waals surface area contributed by atoms with Gasteiger partial charge in [0.05, 0.1) is 18.6 Å². The van der Waals surface area contributed by atoms with Gasteiger partial charge in [0.15, 0.2) is 0 Å². The summed E-state index contributed by atoms with van der Waals surface area (Å²) in [5, 5.41) is 6.24. The van der Waals surface area contributed by atoms with Crippen molar-refractivity contribution < 1.29 is 13.9 Å². The number of nitrogens with one attached hydrogen (secondary N) is 2. The lowest BCUT2D eigenvalue weighted by Gasteiger charge is -2.13. The molecule has 1 heterocycles. The van der Waals surface area contributed by atoms with E-state index in [-0.39, 0.29) is 0 Å². The first-order chi connectivity index (χ1) is 14.1. The van der Waals surface area contributed by atoms with Crippen molar-refractivity contribution >= 4 is 17.5 Å². The number of carbonyl (C=O) groups excluding carboxylic acids is 1. The lowest BCUT2D eigenvalue weighted by molar-refractivity contribution is 0.161. The predicted molar refractivity (Wildman–Crippen MR) is 117 cm³/mol. The van der Waals surface area contributed by atoms with Crippen molar-refractivity contribution in [3.8, 4) is 11.3 Å². The van der Waals surface area contributed by atoms with Crippen LogP contribution in [0.3, 0.4) is 0 Å². The van der Waals surface area contributed by atoms with Crippen molar-refractivity contribution in [2.45, 2.75) is 39.7 Å². The Labute approximate surface area is 172 Å². The SMILES string of the molecule is CCCOC(=O)Nc1ccc(NCc2ccc(C(C)C)cc2)cc1-c1ccco1. The van der Waals surface area contributed by atoms with E-state index in [4.69, 9.17) is 9.15 Å². The standard InChI is InChI=1S/C24H28N2O3/c1-4-13-29-24(27)26-22-12-11-20(15-21(22)23-6-5-14-28-23)25-16-18-7-9-19(10-8-18)17(2)3/h5-12,14-15,17,25H,4,13,16H2,1-3H3,(H,26,27). The van der Waals surface area contributed by atoms with E-state index >= 15 is 0 Å². The van der Waals surface area contributed by atoms with Gasteiger partial charge in [-0.2, -0.15) is 0 Å². The molecule has 0 atom stereocenters. The Morgan fingerprint density at radius 3 is 2.55 bits per heavy atom. The number of carbonyl (C=O) groups is 1. The molecular formula is C24H28N2O3. The van der Waals surface area contributed by atoms with Crippen LogP contribution in [0.4, 0.5) is 16.2 Å². The van der Waals surface area contributed by atoms with E-state index in [1.54, 1.807) is 6.26 Å². The highest BCUT2D eigenvalue weighted by molar-refractivity contribution is 5.91. The number of rotatable bonds is 8. The Balaban J connectivity index is 1.74. The number of amides is 1. The minimum absolute atomic E-state index is 0.386. The van der Waals surface area contributed by atoms with Gasteiger partial charge in [0.25, 0.3) is 0 Å². The molecule has 2 aromatic carbocycles. The molecule has 3 rings (SSSR count). The van der Waals surface area contributed by atoms with E-state index in [2.05, 4.69) is 48.7 Å². The van der Waals surface area contributed by atoms with E-state index in [0.29, 0.717) is 30.5 Å². The Morgan fingerprint density at radius 1 is 1.10 bits per heavy atom. The Kier molecular flexibility index (Phi) is 6.95. The largest absolute Gasteiger partial charge is 0.464 e. The number of anilines is 2. The molecule has 0 saturated heterocycles. The summed E-state index contributed by atoms with van der Waals surface area (Å²) in [5.74, 6) is 1.21. The normalized spacial score (nSPS) is 10.8. The molecule has 0 unspecified atom stereocenters. The van der Waals surface area contributed by atoms with E-state index in [1.165, 1.54) is 11.1 Å². The highest BCUT2D eigenvalue weighted by Gasteiger charge is 2.12. The van der Waals surface area contributed by atoms with Crippen LogP contribution < -0.4 is 10.6 Å². The van der Waals surface area contributed by atoms with Gasteiger partial charge < -0.3 is 14.5 Å². The van der Waals surface area contributed by atoms with Crippen molar-refractivity contribution in [3.05, 3.63) is 72.0 Å². The third-order valence-corrected chi connectivity index (χ3v) is 4.62. The van der Waals surface area contributed by atoms with Gasteiger partial charge in [-0.05, 0) is 53.8 Å². The van der Waals surface area contributed by atoms with Gasteiger partial charge >= 0.3 is 6.09 Å². The van der Waals surface area contributed by atoms with Crippen LogP contribution in [0.1, 0.15) is 44.2 Å². The van der Waals surface area contributed by atoms with E-state index < -0.39 is 6.09 Å². The third kappa shape index (κ3) is 5.64. The first-order valence-corrected chi connectivity index (χ1v) is 10.0. The second kappa shape index (κ2) is 9.82. The van der Waals surface area contributed by atoms with E-state index in [9.17, 15) is 4.79 Å². The second-order valence-corrected chi connectivity index (χ2v) is 7.25. The molecule has 3 aromatic rings. The lowest BCUT2D eigenvalue weighted by Crippen LogP contribution is -2.14. The van der Waals surface area contributed by atoms with Gasteiger partial charge in [-0.25, -0.2) is 4.79 Å². The highest BCUT2D eigenvalue weighted by Crippen LogP contribution is 2.31. The lowest BCUT2D eigenvalue weighted by atomic mass is 10.0. The van der Waals surface area contributed by atoms with Crippen LogP contribution >= 0.6 is 0 Å². The summed E-state index contributed by atoms with van der Waals surface area (Å²) >= 11 is 0. The minimum Gasteiger partial charge on any atom is -0.464 e. The van der Waals surface area contributed by atoms with Crippen molar-refractivity contribution in [3.63, 3.8) is 0 Å². The summed E-state index contributed by atoms with van der Waals surface area (Å²) in [5.41, 5.74) is 4.92. The molecule has 0 aliphatic rings. The van der Waals surface area contributed by atoms with Crippen LogP contribution in [-0.4, -0.2) is 12.7 Å². The maximum atomic E-state index is 12.0. The topological polar surface area (TPSA) is 63.5 Å². The zero-order valence-electron chi connectivity index (χ0n) is 17.2. The molecular weight excluding hydrogens is 364 g/mol. The number of ether oxygens (including phenoxy) is 1. The first-order valence-electron chi connectivity index (χ1n) is 10.0. The van der Waals surface area contributed by atoms with E-state index in [1.807, 2.05) is 37.3 Å². The van der Waals surface area contributed by atoms with Crippen LogP contribution in [0.2, 0.25) is 0 Å². The molecule has 5 heteroatoms. The maximum absolute atomic E-state index is 12.0. The van der Waals surface area contributed by atoms with Crippen LogP contribution in [-0.2, 0) is 11.3 Å². The molecule has 0 radical (unpaired) electrons. The molecule has 152 valence electrons. The summed E-state index contributed by atoms with van der Waals surface area (Å²) in [4.78, 5) is 12.0. The maximum Gasteiger partial charge on any atom is 0.411 e. The molecule has 5 nitrogen and oxygen atoms in total. The molecule has 0 fully saturated rings. The monoisotopic (exact) mass is 392 g/mol. The quantitative estimate of drug-likeness (QED) is 0.451. The van der Waals surface area contributed by atoms with Crippen molar-refractivity contribution in [1.29, 1.82) is 0 Å². The van der Waals surface area contributed by atoms with Crippen molar-refractivity contribution in [1.82, 2.24) is 0 Å². The summed E-state index contributed by atoms with van der Waals surface area (Å²) in [6.07, 6.45) is 1.93. The fourth-order valence-electron chi connectivity index (χ4n) is 2.96. The summed E-state index contributed by atoms with van der Waals surface area (Å²) < 4.78 is 10.7. The van der Waals surface area contributed by atoms with E-state index in [0.717, 1.165) is 17.7 Å². The van der Waals surface area contributed by atoms with Crippen LogP contribution in [0.15, 0.2) is 65.3 Å². The zero-order valence-corrected chi connectivity index (χ0v) is 17.2. The van der Waals surface area contributed by atoms with Crippen molar-refractivity contribution in [2.75, 3.05) is 17.2 Å². The minimum atomic E-state index is -0.467. The van der Waals surface area contributed by atoms with Gasteiger partial charge in [-0.3, -0.25) is 5.32 Å². The number of hydrogen-bond acceptors (Lipinski definition) is 4. The molecule has 0 aliphatic heterocycles. The highest BCUT2D eigenvalue weighted by atomic mass is 16.5. The Hall–Kier alpha value is -3.21. The smallest absolute Gasteiger partial charge is 0.411 e. The van der Waals surface area contributed by atoms with Crippen LogP contribution in [0.25, 0.3) is 11.3 Å². The van der Waals surface area contributed by atoms with Crippen molar-refractivity contribution in [2.24, 2.45) is 0 Å². The van der Waals surface area contributed by atoms with Crippen LogP contribution in [0.5, 0.6) is 0 Å². The van der Waals surface area contributed by atoms with Gasteiger partial charge in [-0.1, -0.05) is 45.0 Å². The molecule has 1 aromatic heterocycles. The van der Waals surface area contributed by atoms with Crippen LogP contribution in [0, 0.1) is 0 Å². The molecule has 1 amide bonds. The Bertz CT molecular complexity index is 916.